The maximum Gasteiger partial charge on any atom is 0.246 e. The molecule has 2 aromatic rings. The Hall–Kier alpha value is -1.46. The highest BCUT2D eigenvalue weighted by Gasteiger charge is 2.26. The smallest absolute Gasteiger partial charge is 0.246 e. The molecule has 0 aliphatic carbocycles. The van der Waals surface area contributed by atoms with E-state index in [-0.39, 0.29) is 11.4 Å². The van der Waals surface area contributed by atoms with Crippen molar-refractivity contribution in [2.45, 2.75) is 32.7 Å². The van der Waals surface area contributed by atoms with Crippen molar-refractivity contribution in [3.63, 3.8) is 0 Å². The third kappa shape index (κ3) is 3.16. The van der Waals surface area contributed by atoms with Crippen LogP contribution in [0.15, 0.2) is 22.7 Å². The van der Waals surface area contributed by atoms with Crippen LogP contribution in [0.1, 0.15) is 38.0 Å². The van der Waals surface area contributed by atoms with Gasteiger partial charge in [-0.3, -0.25) is 0 Å². The van der Waals surface area contributed by atoms with Crippen LogP contribution in [-0.4, -0.2) is 16.7 Å². The minimum absolute atomic E-state index is 0.0965. The molecule has 0 spiro atoms. The van der Waals surface area contributed by atoms with Gasteiger partial charge in [-0.2, -0.15) is 4.98 Å². The van der Waals surface area contributed by atoms with Gasteiger partial charge in [-0.1, -0.05) is 35.8 Å². The standard InChI is InChI=1S/C14H17ClFN3O/c1-4-17-14(2,3)13-18-11(19-20-13)8-9-6-5-7-10(15)12(9)16/h5-7,17H,4,8H2,1-3H3. The first kappa shape index (κ1) is 14.9. The van der Waals surface area contributed by atoms with Gasteiger partial charge in [0, 0.05) is 6.42 Å². The van der Waals surface area contributed by atoms with Crippen LogP contribution in [0.25, 0.3) is 0 Å². The maximum absolute atomic E-state index is 13.8. The summed E-state index contributed by atoms with van der Waals surface area (Å²) in [6.45, 7) is 6.69. The molecule has 1 aromatic carbocycles. The van der Waals surface area contributed by atoms with Crippen LogP contribution in [0.3, 0.4) is 0 Å². The van der Waals surface area contributed by atoms with Crippen molar-refractivity contribution in [3.8, 4) is 0 Å². The molecule has 0 unspecified atom stereocenters. The van der Waals surface area contributed by atoms with Crippen molar-refractivity contribution in [3.05, 3.63) is 46.3 Å². The molecule has 1 N–H and O–H groups in total. The lowest BCUT2D eigenvalue weighted by Crippen LogP contribution is -2.36. The van der Waals surface area contributed by atoms with Crippen molar-refractivity contribution in [1.82, 2.24) is 15.5 Å². The SMILES string of the molecule is CCNC(C)(C)c1nc(Cc2cccc(Cl)c2F)no1. The molecule has 4 nitrogen and oxygen atoms in total. The van der Waals surface area contributed by atoms with Gasteiger partial charge in [0.15, 0.2) is 5.82 Å². The summed E-state index contributed by atoms with van der Waals surface area (Å²) in [6, 6.07) is 4.87. The summed E-state index contributed by atoms with van der Waals surface area (Å²) in [4.78, 5) is 4.32. The molecule has 1 heterocycles. The number of halogens is 2. The topological polar surface area (TPSA) is 51.0 Å². The summed E-state index contributed by atoms with van der Waals surface area (Å²) in [6.07, 6.45) is 0.248. The van der Waals surface area contributed by atoms with Crippen LogP contribution < -0.4 is 5.32 Å². The Morgan fingerprint density at radius 2 is 2.15 bits per heavy atom. The number of hydrogen-bond acceptors (Lipinski definition) is 4. The molecule has 1 aromatic heterocycles. The number of benzene rings is 1. The van der Waals surface area contributed by atoms with Crippen molar-refractivity contribution in [2.24, 2.45) is 0 Å². The van der Waals surface area contributed by atoms with Crippen LogP contribution >= 0.6 is 11.6 Å². The van der Waals surface area contributed by atoms with E-state index in [4.69, 9.17) is 16.1 Å². The molecule has 2 rings (SSSR count). The fourth-order valence-electron chi connectivity index (χ4n) is 1.95. The Bertz CT molecular complexity index is 598. The molecule has 6 heteroatoms. The first-order chi connectivity index (χ1) is 9.44. The fraction of sp³-hybridized carbons (Fsp3) is 0.429. The van der Waals surface area contributed by atoms with Gasteiger partial charge in [-0.05, 0) is 32.0 Å². The normalized spacial score (nSPS) is 11.8. The third-order valence-corrected chi connectivity index (χ3v) is 3.29. The molecular formula is C14H17ClFN3O. The highest BCUT2D eigenvalue weighted by Crippen LogP contribution is 2.21. The largest absolute Gasteiger partial charge is 0.337 e. The highest BCUT2D eigenvalue weighted by molar-refractivity contribution is 6.30. The number of nitrogens with zero attached hydrogens (tertiary/aromatic N) is 2. The molecular weight excluding hydrogens is 281 g/mol. The lowest BCUT2D eigenvalue weighted by molar-refractivity contribution is 0.271. The molecule has 0 aliphatic heterocycles. The van der Waals surface area contributed by atoms with E-state index >= 15 is 0 Å². The van der Waals surface area contributed by atoms with Gasteiger partial charge in [-0.15, -0.1) is 0 Å². The second-order valence-electron chi connectivity index (χ2n) is 5.06. The van der Waals surface area contributed by atoms with Gasteiger partial charge < -0.3 is 9.84 Å². The lowest BCUT2D eigenvalue weighted by Gasteiger charge is -2.20. The van der Waals surface area contributed by atoms with Crippen molar-refractivity contribution in [2.75, 3.05) is 6.54 Å². The molecule has 0 aliphatic rings. The predicted molar refractivity (Wildman–Crippen MR) is 75.2 cm³/mol. The Kier molecular flexibility index (Phi) is 4.40. The van der Waals surface area contributed by atoms with Gasteiger partial charge in [0.1, 0.15) is 5.82 Å². The van der Waals surface area contributed by atoms with Crippen LogP contribution in [-0.2, 0) is 12.0 Å². The first-order valence-corrected chi connectivity index (χ1v) is 6.83. The van der Waals surface area contributed by atoms with Crippen molar-refractivity contribution in [1.29, 1.82) is 0 Å². The first-order valence-electron chi connectivity index (χ1n) is 6.45. The quantitative estimate of drug-likeness (QED) is 0.920. The molecule has 0 bridgehead atoms. The monoisotopic (exact) mass is 297 g/mol. The van der Waals surface area contributed by atoms with Crippen LogP contribution in [0.5, 0.6) is 0 Å². The van der Waals surface area contributed by atoms with Crippen molar-refractivity contribution < 1.29 is 8.91 Å². The molecule has 108 valence electrons. The zero-order valence-corrected chi connectivity index (χ0v) is 12.5. The molecule has 0 amide bonds. The summed E-state index contributed by atoms with van der Waals surface area (Å²) in [5.41, 5.74) is 0.0403. The van der Waals surface area contributed by atoms with E-state index < -0.39 is 11.4 Å². The van der Waals surface area contributed by atoms with Gasteiger partial charge in [-0.25, -0.2) is 4.39 Å². The minimum atomic E-state index is -0.438. The zero-order valence-electron chi connectivity index (χ0n) is 11.7. The Balaban J connectivity index is 2.20. The van der Waals surface area contributed by atoms with Crippen molar-refractivity contribution >= 4 is 11.6 Å². The maximum atomic E-state index is 13.8. The van der Waals surface area contributed by atoms with Crippen LogP contribution in [0, 0.1) is 5.82 Å². The summed E-state index contributed by atoms with van der Waals surface area (Å²) in [5, 5.41) is 7.24. The summed E-state index contributed by atoms with van der Waals surface area (Å²) >= 11 is 5.75. The van der Waals surface area contributed by atoms with E-state index in [1.807, 2.05) is 20.8 Å². The third-order valence-electron chi connectivity index (χ3n) is 3.00. The molecule has 0 fully saturated rings. The average Bonchev–Trinajstić information content (AvgIpc) is 2.84. The zero-order chi connectivity index (χ0) is 14.8. The fourth-order valence-corrected chi connectivity index (χ4v) is 2.15. The van der Waals surface area contributed by atoms with E-state index in [0.29, 0.717) is 17.3 Å². The molecule has 0 saturated carbocycles. The van der Waals surface area contributed by atoms with E-state index in [1.165, 1.54) is 6.07 Å². The van der Waals surface area contributed by atoms with E-state index in [0.717, 1.165) is 6.54 Å². The summed E-state index contributed by atoms with van der Waals surface area (Å²) < 4.78 is 19.1. The van der Waals surface area contributed by atoms with E-state index in [1.54, 1.807) is 12.1 Å². The minimum Gasteiger partial charge on any atom is -0.337 e. The average molecular weight is 298 g/mol. The van der Waals surface area contributed by atoms with Gasteiger partial charge in [0.25, 0.3) is 0 Å². The Labute approximate surface area is 122 Å². The molecule has 0 atom stereocenters. The molecule has 0 saturated heterocycles. The number of rotatable bonds is 5. The van der Waals surface area contributed by atoms with Gasteiger partial charge in [0.05, 0.1) is 10.6 Å². The molecule has 20 heavy (non-hydrogen) atoms. The number of aromatic nitrogens is 2. The second-order valence-corrected chi connectivity index (χ2v) is 5.47. The Morgan fingerprint density at radius 1 is 1.40 bits per heavy atom. The molecule has 0 radical (unpaired) electrons. The van der Waals surface area contributed by atoms with Crippen LogP contribution in [0.4, 0.5) is 4.39 Å². The van der Waals surface area contributed by atoms with E-state index in [2.05, 4.69) is 15.5 Å². The highest BCUT2D eigenvalue weighted by atomic mass is 35.5. The lowest BCUT2D eigenvalue weighted by atomic mass is 10.1. The second kappa shape index (κ2) is 5.89. The predicted octanol–water partition coefficient (Wildman–Crippen LogP) is 3.30. The van der Waals surface area contributed by atoms with E-state index in [9.17, 15) is 4.39 Å². The number of hydrogen-bond donors (Lipinski definition) is 1. The van der Waals surface area contributed by atoms with Gasteiger partial charge >= 0.3 is 0 Å². The number of nitrogens with one attached hydrogen (secondary N) is 1. The summed E-state index contributed by atoms with van der Waals surface area (Å²) in [7, 11) is 0. The van der Waals surface area contributed by atoms with Crippen LogP contribution in [0.2, 0.25) is 5.02 Å². The Morgan fingerprint density at radius 3 is 2.85 bits per heavy atom. The van der Waals surface area contributed by atoms with Gasteiger partial charge in [0.2, 0.25) is 5.89 Å². The summed E-state index contributed by atoms with van der Waals surface area (Å²) in [5.74, 6) is 0.482.